The zero-order valence-electron chi connectivity index (χ0n) is 19.3. The topological polar surface area (TPSA) is 59.7 Å². The van der Waals surface area contributed by atoms with Crippen LogP contribution in [0.15, 0.2) is 53.0 Å². The number of imide groups is 1. The fourth-order valence-corrected chi connectivity index (χ4v) is 5.86. The number of carbonyl (C=O) groups is 2. The molecule has 0 radical (unpaired) electrons. The maximum atomic E-state index is 13.9. The van der Waals surface area contributed by atoms with Crippen LogP contribution in [0.4, 0.5) is 4.79 Å². The van der Waals surface area contributed by atoms with E-state index in [9.17, 15) is 9.59 Å². The van der Waals surface area contributed by atoms with Gasteiger partial charge in [0.05, 0.1) is 0 Å². The highest BCUT2D eigenvalue weighted by Crippen LogP contribution is 2.50. The van der Waals surface area contributed by atoms with Crippen molar-refractivity contribution in [2.45, 2.75) is 37.8 Å². The number of fused-ring (bicyclic) bond motifs is 4. The average Bonchev–Trinajstić information content (AvgIpc) is 3.26. The molecule has 5 rings (SSSR count). The van der Waals surface area contributed by atoms with Gasteiger partial charge in [-0.1, -0.05) is 53.2 Å². The van der Waals surface area contributed by atoms with Gasteiger partial charge in [0.25, 0.3) is 5.91 Å². The highest BCUT2D eigenvalue weighted by atomic mass is 79.9. The minimum atomic E-state index is -0.875. The molecule has 172 valence electrons. The summed E-state index contributed by atoms with van der Waals surface area (Å²) in [5, 5.41) is 1.11. The molecule has 6 nitrogen and oxygen atoms in total. The Hall–Kier alpha value is -2.64. The van der Waals surface area contributed by atoms with Crippen molar-refractivity contribution in [2.75, 3.05) is 27.2 Å². The molecule has 2 unspecified atom stereocenters. The van der Waals surface area contributed by atoms with Crippen LogP contribution in [-0.4, -0.2) is 64.3 Å². The van der Waals surface area contributed by atoms with Gasteiger partial charge in [-0.25, -0.2) is 4.79 Å². The Labute approximate surface area is 202 Å². The van der Waals surface area contributed by atoms with Gasteiger partial charge in [0.1, 0.15) is 11.6 Å². The predicted molar refractivity (Wildman–Crippen MR) is 133 cm³/mol. The molecule has 0 spiro atoms. The fourth-order valence-electron chi connectivity index (χ4n) is 5.50. The summed E-state index contributed by atoms with van der Waals surface area (Å²) < 4.78 is 1.00. The lowest BCUT2D eigenvalue weighted by molar-refractivity contribution is -0.134. The summed E-state index contributed by atoms with van der Waals surface area (Å²) in [5.74, 6) is -0.0651. The summed E-state index contributed by atoms with van der Waals surface area (Å²) in [6.07, 6.45) is 1.86. The Morgan fingerprint density at radius 1 is 1.15 bits per heavy atom. The monoisotopic (exact) mass is 508 g/mol. The van der Waals surface area contributed by atoms with Crippen molar-refractivity contribution in [2.24, 2.45) is 0 Å². The fraction of sp³-hybridized carbons (Fsp3) is 0.385. The van der Waals surface area contributed by atoms with Crippen LogP contribution >= 0.6 is 15.9 Å². The summed E-state index contributed by atoms with van der Waals surface area (Å²) in [6, 6.07) is 15.7. The van der Waals surface area contributed by atoms with Crippen molar-refractivity contribution < 1.29 is 9.59 Å². The van der Waals surface area contributed by atoms with Crippen LogP contribution in [0.3, 0.4) is 0 Å². The lowest BCUT2D eigenvalue weighted by Crippen LogP contribution is -2.55. The molecule has 2 aliphatic heterocycles. The van der Waals surface area contributed by atoms with E-state index in [1.807, 2.05) is 62.3 Å². The Kier molecular flexibility index (Phi) is 5.57. The van der Waals surface area contributed by atoms with Gasteiger partial charge in [-0.05, 0) is 62.8 Å². The Bertz CT molecular complexity index is 1220. The van der Waals surface area contributed by atoms with Crippen LogP contribution in [0.25, 0.3) is 10.9 Å². The second-order valence-corrected chi connectivity index (χ2v) is 10.3. The zero-order valence-corrected chi connectivity index (χ0v) is 20.9. The van der Waals surface area contributed by atoms with E-state index in [-0.39, 0.29) is 18.0 Å². The molecule has 3 aromatic rings. The number of carbonyl (C=O) groups excluding carboxylic acids is 2. The van der Waals surface area contributed by atoms with Crippen LogP contribution < -0.4 is 0 Å². The number of H-pyrrole nitrogens is 1. The number of halogens is 1. The summed E-state index contributed by atoms with van der Waals surface area (Å²) in [6.45, 7) is 3.30. The summed E-state index contributed by atoms with van der Waals surface area (Å²) >= 11 is 3.61. The molecule has 2 atom stereocenters. The van der Waals surface area contributed by atoms with Gasteiger partial charge in [-0.3, -0.25) is 14.6 Å². The Balaban J connectivity index is 1.68. The molecule has 2 aliphatic rings. The van der Waals surface area contributed by atoms with Gasteiger partial charge in [-0.2, -0.15) is 0 Å². The molecule has 3 amide bonds. The highest BCUT2D eigenvalue weighted by molar-refractivity contribution is 9.10. The van der Waals surface area contributed by atoms with Crippen LogP contribution in [0.5, 0.6) is 0 Å². The van der Waals surface area contributed by atoms with Crippen molar-refractivity contribution in [1.82, 2.24) is 19.7 Å². The van der Waals surface area contributed by atoms with Crippen LogP contribution in [0.1, 0.15) is 42.6 Å². The van der Waals surface area contributed by atoms with E-state index in [1.54, 1.807) is 0 Å². The first-order valence-electron chi connectivity index (χ1n) is 11.5. The molecule has 0 aliphatic carbocycles. The minimum absolute atomic E-state index is 0.0651. The largest absolute Gasteiger partial charge is 0.356 e. The van der Waals surface area contributed by atoms with E-state index in [4.69, 9.17) is 0 Å². The SMILES string of the molecule is CCC12Cc3c([nH]c4ccc(Br)cc34)C(c3ccccc3)N1C(=O)N(CCCN(C)C)C2=O. The number of amides is 3. The molecule has 0 saturated carbocycles. The van der Waals surface area contributed by atoms with Crippen LogP contribution in [0.2, 0.25) is 0 Å². The first-order chi connectivity index (χ1) is 15.9. The number of rotatable bonds is 6. The first kappa shape index (κ1) is 22.2. The number of urea groups is 1. The third-order valence-electron chi connectivity index (χ3n) is 7.13. The number of nitrogens with one attached hydrogen (secondary N) is 1. The number of nitrogens with zero attached hydrogens (tertiary/aromatic N) is 3. The molecule has 7 heteroatoms. The van der Waals surface area contributed by atoms with Crippen LogP contribution in [-0.2, 0) is 11.2 Å². The quantitative estimate of drug-likeness (QED) is 0.479. The lowest BCUT2D eigenvalue weighted by Gasteiger charge is -2.44. The maximum Gasteiger partial charge on any atom is 0.328 e. The van der Waals surface area contributed by atoms with Gasteiger partial charge >= 0.3 is 6.03 Å². The minimum Gasteiger partial charge on any atom is -0.356 e. The molecular weight excluding hydrogens is 480 g/mol. The number of benzene rings is 2. The molecular formula is C26H29BrN4O2. The zero-order chi connectivity index (χ0) is 23.3. The molecule has 33 heavy (non-hydrogen) atoms. The summed E-state index contributed by atoms with van der Waals surface area (Å²) in [5.41, 5.74) is 3.31. The van der Waals surface area contributed by atoms with E-state index in [0.29, 0.717) is 19.4 Å². The van der Waals surface area contributed by atoms with Gasteiger partial charge in [0, 0.05) is 34.0 Å². The van der Waals surface area contributed by atoms with E-state index in [1.165, 1.54) is 4.90 Å². The van der Waals surface area contributed by atoms with E-state index >= 15 is 0 Å². The number of aromatic nitrogens is 1. The van der Waals surface area contributed by atoms with Crippen molar-refractivity contribution in [3.8, 4) is 0 Å². The first-order valence-corrected chi connectivity index (χ1v) is 12.3. The molecule has 1 fully saturated rings. The number of hydrogen-bond acceptors (Lipinski definition) is 3. The number of hydrogen-bond donors (Lipinski definition) is 1. The summed E-state index contributed by atoms with van der Waals surface area (Å²) in [7, 11) is 4.01. The highest BCUT2D eigenvalue weighted by Gasteiger charge is 2.61. The standard InChI is InChI=1S/C26H29BrN4O2/c1-4-26-16-20-19-15-18(27)11-12-21(19)28-22(20)23(17-9-6-5-7-10-17)31(26)25(33)30(24(26)32)14-8-13-29(2)3/h5-7,9-12,15,23,28H,4,8,13-14,16H2,1-3H3. The lowest BCUT2D eigenvalue weighted by atomic mass is 9.78. The molecule has 3 heterocycles. The van der Waals surface area contributed by atoms with Crippen molar-refractivity contribution >= 4 is 38.8 Å². The Morgan fingerprint density at radius 3 is 2.61 bits per heavy atom. The van der Waals surface area contributed by atoms with Crippen molar-refractivity contribution in [1.29, 1.82) is 0 Å². The Morgan fingerprint density at radius 2 is 1.91 bits per heavy atom. The molecule has 2 aromatic carbocycles. The second-order valence-electron chi connectivity index (χ2n) is 9.35. The number of aromatic amines is 1. The van der Waals surface area contributed by atoms with E-state index < -0.39 is 5.54 Å². The van der Waals surface area contributed by atoms with Crippen LogP contribution in [0, 0.1) is 0 Å². The van der Waals surface area contributed by atoms with E-state index in [2.05, 4.69) is 37.9 Å². The molecule has 0 bridgehead atoms. The smallest absolute Gasteiger partial charge is 0.328 e. The van der Waals surface area contributed by atoms with E-state index in [0.717, 1.165) is 45.2 Å². The third-order valence-corrected chi connectivity index (χ3v) is 7.62. The van der Waals surface area contributed by atoms with Crippen molar-refractivity contribution in [3.63, 3.8) is 0 Å². The normalized spacial score (nSPS) is 22.4. The van der Waals surface area contributed by atoms with Gasteiger partial charge in [-0.15, -0.1) is 0 Å². The average molecular weight is 509 g/mol. The third kappa shape index (κ3) is 3.40. The van der Waals surface area contributed by atoms with Gasteiger partial charge < -0.3 is 9.88 Å². The van der Waals surface area contributed by atoms with Crippen molar-refractivity contribution in [3.05, 3.63) is 69.8 Å². The molecule has 1 N–H and O–H groups in total. The predicted octanol–water partition coefficient (Wildman–Crippen LogP) is 4.94. The molecule has 1 aromatic heterocycles. The molecule has 1 saturated heterocycles. The van der Waals surface area contributed by atoms with Gasteiger partial charge in [0.2, 0.25) is 0 Å². The van der Waals surface area contributed by atoms with Gasteiger partial charge in [0.15, 0.2) is 0 Å². The second kappa shape index (κ2) is 8.29. The maximum absolute atomic E-state index is 13.9. The summed E-state index contributed by atoms with van der Waals surface area (Å²) in [4.78, 5) is 36.8.